The van der Waals surface area contributed by atoms with Gasteiger partial charge in [0.15, 0.2) is 15.6 Å². The molecule has 128 valence electrons. The first-order valence-corrected chi connectivity index (χ1v) is 9.81. The van der Waals surface area contributed by atoms with Crippen LogP contribution in [-0.2, 0) is 15.6 Å². The van der Waals surface area contributed by atoms with Crippen molar-refractivity contribution in [3.8, 4) is 0 Å². The number of carbonyl (C=O) groups excluding carboxylic acids is 1. The molecule has 0 saturated carbocycles. The van der Waals surface area contributed by atoms with Gasteiger partial charge in [0.25, 0.3) is 5.91 Å². The summed E-state index contributed by atoms with van der Waals surface area (Å²) in [4.78, 5) is 12.6. The van der Waals surface area contributed by atoms with E-state index in [0.717, 1.165) is 4.47 Å². The molecule has 3 aromatic rings. The van der Waals surface area contributed by atoms with Gasteiger partial charge in [-0.25, -0.2) is 8.42 Å². The highest BCUT2D eigenvalue weighted by molar-refractivity contribution is 9.10. The predicted molar refractivity (Wildman–Crippen MR) is 98.1 cm³/mol. The number of rotatable bonds is 5. The number of anilines is 1. The van der Waals surface area contributed by atoms with Crippen LogP contribution in [0.25, 0.3) is 0 Å². The van der Waals surface area contributed by atoms with Crippen LogP contribution in [0.5, 0.6) is 0 Å². The lowest BCUT2D eigenvalue weighted by Gasteiger charge is -2.07. The zero-order valence-electron chi connectivity index (χ0n) is 13.0. The normalized spacial score (nSPS) is 11.2. The second-order valence-corrected chi connectivity index (χ2v) is 8.22. The molecule has 25 heavy (non-hydrogen) atoms. The fraction of sp³-hybridized carbons (Fsp3) is 0.0556. The SMILES string of the molecule is O=C(Nc1cccc(Br)c1)c1occc1CS(=O)(=O)c1ccccc1. The number of nitrogens with one attached hydrogen (secondary N) is 1. The smallest absolute Gasteiger partial charge is 0.291 e. The maximum Gasteiger partial charge on any atom is 0.291 e. The van der Waals surface area contributed by atoms with Crippen LogP contribution in [0.4, 0.5) is 5.69 Å². The van der Waals surface area contributed by atoms with Crippen LogP contribution in [0, 0.1) is 0 Å². The Morgan fingerprint density at radius 2 is 1.80 bits per heavy atom. The van der Waals surface area contributed by atoms with Crippen molar-refractivity contribution < 1.29 is 17.6 Å². The summed E-state index contributed by atoms with van der Waals surface area (Å²) in [6.07, 6.45) is 1.31. The van der Waals surface area contributed by atoms with E-state index in [1.165, 1.54) is 24.5 Å². The fourth-order valence-corrected chi connectivity index (χ4v) is 4.09. The first-order chi connectivity index (χ1) is 12.0. The van der Waals surface area contributed by atoms with Crippen LogP contribution in [0.15, 0.2) is 80.7 Å². The number of amides is 1. The van der Waals surface area contributed by atoms with E-state index in [0.29, 0.717) is 11.3 Å². The van der Waals surface area contributed by atoms with Gasteiger partial charge in [0.05, 0.1) is 16.9 Å². The molecule has 0 spiro atoms. The number of hydrogen-bond donors (Lipinski definition) is 1. The molecule has 5 nitrogen and oxygen atoms in total. The third kappa shape index (κ3) is 4.18. The Morgan fingerprint density at radius 1 is 1.04 bits per heavy atom. The van der Waals surface area contributed by atoms with Gasteiger partial charge in [-0.15, -0.1) is 0 Å². The van der Waals surface area contributed by atoms with Gasteiger partial charge in [0, 0.05) is 15.7 Å². The molecule has 3 rings (SSSR count). The molecule has 1 aromatic heterocycles. The third-order valence-corrected chi connectivity index (χ3v) is 5.66. The van der Waals surface area contributed by atoms with Gasteiger partial charge >= 0.3 is 0 Å². The predicted octanol–water partition coefficient (Wildman–Crippen LogP) is 4.27. The lowest BCUT2D eigenvalue weighted by molar-refractivity contribution is 0.0996. The lowest BCUT2D eigenvalue weighted by Crippen LogP contribution is -2.14. The monoisotopic (exact) mass is 419 g/mol. The van der Waals surface area contributed by atoms with E-state index in [2.05, 4.69) is 21.2 Å². The minimum atomic E-state index is -3.57. The van der Waals surface area contributed by atoms with E-state index in [9.17, 15) is 13.2 Å². The molecule has 0 fully saturated rings. The number of benzene rings is 2. The first kappa shape index (κ1) is 17.4. The van der Waals surface area contributed by atoms with Crippen molar-refractivity contribution >= 4 is 37.4 Å². The number of sulfone groups is 1. The minimum absolute atomic E-state index is 0.0144. The molecule has 1 heterocycles. The number of halogens is 1. The van der Waals surface area contributed by atoms with Crippen LogP contribution in [0.1, 0.15) is 16.1 Å². The number of hydrogen-bond acceptors (Lipinski definition) is 4. The van der Waals surface area contributed by atoms with E-state index in [1.54, 1.807) is 36.4 Å². The molecule has 0 aliphatic rings. The van der Waals surface area contributed by atoms with E-state index >= 15 is 0 Å². The van der Waals surface area contributed by atoms with Crippen molar-refractivity contribution in [2.24, 2.45) is 0 Å². The zero-order valence-corrected chi connectivity index (χ0v) is 15.4. The number of carbonyl (C=O) groups is 1. The van der Waals surface area contributed by atoms with Gasteiger partial charge < -0.3 is 9.73 Å². The van der Waals surface area contributed by atoms with Gasteiger partial charge in [0.1, 0.15) is 0 Å². The van der Waals surface area contributed by atoms with Crippen molar-refractivity contribution in [1.29, 1.82) is 0 Å². The lowest BCUT2D eigenvalue weighted by atomic mass is 10.2. The summed E-state index contributed by atoms with van der Waals surface area (Å²) in [7, 11) is -3.57. The van der Waals surface area contributed by atoms with Gasteiger partial charge in [-0.05, 0) is 36.4 Å². The quantitative estimate of drug-likeness (QED) is 0.669. The highest BCUT2D eigenvalue weighted by Gasteiger charge is 2.22. The standard InChI is InChI=1S/C18H14BrNO4S/c19-14-5-4-6-15(11-14)20-18(21)17-13(9-10-24-17)12-25(22,23)16-7-2-1-3-8-16/h1-11H,12H2,(H,20,21). The first-order valence-electron chi connectivity index (χ1n) is 7.37. The minimum Gasteiger partial charge on any atom is -0.459 e. The van der Waals surface area contributed by atoms with Crippen molar-refractivity contribution in [3.05, 3.63) is 82.7 Å². The third-order valence-electron chi connectivity index (χ3n) is 3.48. The Kier molecular flexibility index (Phi) is 5.06. The molecular formula is C18H14BrNO4S. The fourth-order valence-electron chi connectivity index (χ4n) is 2.32. The summed E-state index contributed by atoms with van der Waals surface area (Å²) in [5, 5.41) is 2.69. The van der Waals surface area contributed by atoms with Gasteiger partial charge in [-0.3, -0.25) is 4.79 Å². The molecular weight excluding hydrogens is 406 g/mol. The van der Waals surface area contributed by atoms with Crippen molar-refractivity contribution in [2.45, 2.75) is 10.6 Å². The summed E-state index contributed by atoms with van der Waals surface area (Å²) >= 11 is 3.33. The molecule has 7 heteroatoms. The summed E-state index contributed by atoms with van der Waals surface area (Å²) < 4.78 is 31.0. The highest BCUT2D eigenvalue weighted by atomic mass is 79.9. The van der Waals surface area contributed by atoms with Crippen molar-refractivity contribution in [3.63, 3.8) is 0 Å². The molecule has 0 unspecified atom stereocenters. The Hall–Kier alpha value is -2.38. The van der Waals surface area contributed by atoms with Gasteiger partial charge in [-0.2, -0.15) is 0 Å². The van der Waals surface area contributed by atoms with E-state index in [4.69, 9.17) is 4.42 Å². The molecule has 0 aliphatic carbocycles. The van der Waals surface area contributed by atoms with Crippen molar-refractivity contribution in [1.82, 2.24) is 0 Å². The van der Waals surface area contributed by atoms with Gasteiger partial charge in [-0.1, -0.05) is 40.2 Å². The summed E-state index contributed by atoms with van der Waals surface area (Å²) in [6.45, 7) is 0. The summed E-state index contributed by atoms with van der Waals surface area (Å²) in [6, 6.07) is 16.7. The molecule has 0 bridgehead atoms. The molecule has 2 aromatic carbocycles. The molecule has 1 N–H and O–H groups in total. The Morgan fingerprint density at radius 3 is 2.52 bits per heavy atom. The van der Waals surface area contributed by atoms with E-state index in [1.807, 2.05) is 6.07 Å². The topological polar surface area (TPSA) is 76.4 Å². The van der Waals surface area contributed by atoms with E-state index < -0.39 is 15.7 Å². The second-order valence-electron chi connectivity index (χ2n) is 5.31. The van der Waals surface area contributed by atoms with Crippen molar-refractivity contribution in [2.75, 3.05) is 5.32 Å². The van der Waals surface area contributed by atoms with Crippen LogP contribution >= 0.6 is 15.9 Å². The summed E-state index contributed by atoms with van der Waals surface area (Å²) in [5.74, 6) is -0.824. The van der Waals surface area contributed by atoms with Crippen LogP contribution in [0.3, 0.4) is 0 Å². The maximum atomic E-state index is 12.5. The number of furan rings is 1. The molecule has 0 aliphatic heterocycles. The van der Waals surface area contributed by atoms with Crippen LogP contribution < -0.4 is 5.32 Å². The highest BCUT2D eigenvalue weighted by Crippen LogP contribution is 2.22. The largest absolute Gasteiger partial charge is 0.459 e. The Balaban J connectivity index is 1.82. The van der Waals surface area contributed by atoms with E-state index in [-0.39, 0.29) is 16.4 Å². The van der Waals surface area contributed by atoms with Crippen LogP contribution in [0.2, 0.25) is 0 Å². The zero-order chi connectivity index (χ0) is 17.9. The second kappa shape index (κ2) is 7.25. The van der Waals surface area contributed by atoms with Gasteiger partial charge in [0.2, 0.25) is 0 Å². The Labute approximate surface area is 153 Å². The molecule has 0 radical (unpaired) electrons. The van der Waals surface area contributed by atoms with Crippen LogP contribution in [-0.4, -0.2) is 14.3 Å². The molecule has 0 saturated heterocycles. The molecule has 1 amide bonds. The maximum absolute atomic E-state index is 12.5. The summed E-state index contributed by atoms with van der Waals surface area (Å²) in [5.41, 5.74) is 0.893. The Bertz CT molecular complexity index is 997. The molecule has 0 atom stereocenters. The average molecular weight is 420 g/mol. The average Bonchev–Trinajstić information content (AvgIpc) is 3.03.